The second kappa shape index (κ2) is 16.2. The average molecular weight is 808 g/mol. The molecule has 15 nitrogen and oxygen atoms in total. The van der Waals surface area contributed by atoms with Gasteiger partial charge in [0.25, 0.3) is 0 Å². The minimum atomic E-state index is -1.13. The number of H-pyrrole nitrogens is 2. The first-order chi connectivity index (χ1) is 28.1. The number of nitrogens with zero attached hydrogens (tertiary/aromatic N) is 6. The fourth-order valence-corrected chi connectivity index (χ4v) is 9.33. The second-order valence-electron chi connectivity index (χ2n) is 17.2. The van der Waals surface area contributed by atoms with Gasteiger partial charge in [0.2, 0.25) is 11.8 Å². The van der Waals surface area contributed by atoms with E-state index in [0.29, 0.717) is 24.7 Å². The third-order valence-electron chi connectivity index (χ3n) is 12.8. The van der Waals surface area contributed by atoms with Crippen LogP contribution in [0.15, 0.2) is 48.8 Å². The van der Waals surface area contributed by atoms with Gasteiger partial charge in [0.15, 0.2) is 0 Å². The van der Waals surface area contributed by atoms with E-state index in [1.54, 1.807) is 4.90 Å². The van der Waals surface area contributed by atoms with Crippen molar-refractivity contribution in [1.82, 2.24) is 44.9 Å². The smallest absolute Gasteiger partial charge is 0.407 e. The molecular weight excluding hydrogens is 751 g/mol. The summed E-state index contributed by atoms with van der Waals surface area (Å²) in [7, 11) is 6.92. The van der Waals surface area contributed by atoms with Crippen molar-refractivity contribution in [3.63, 3.8) is 0 Å². The van der Waals surface area contributed by atoms with Gasteiger partial charge >= 0.3 is 12.2 Å². The van der Waals surface area contributed by atoms with Crippen LogP contribution in [0.25, 0.3) is 33.6 Å². The van der Waals surface area contributed by atoms with Gasteiger partial charge in [-0.25, -0.2) is 19.6 Å². The first-order valence-electron chi connectivity index (χ1n) is 20.5. The molecule has 15 heteroatoms. The Morgan fingerprint density at radius 1 is 0.814 bits per heavy atom. The van der Waals surface area contributed by atoms with E-state index in [1.807, 2.05) is 45.0 Å². The molecule has 0 radical (unpaired) electrons. The Bertz CT molecular complexity index is 2250. The van der Waals surface area contributed by atoms with Crippen LogP contribution < -0.4 is 5.32 Å². The number of alkyl carbamates (subject to hydrolysis) is 1. The fraction of sp³-hybridized carbons (Fsp3) is 0.500. The summed E-state index contributed by atoms with van der Waals surface area (Å²) < 4.78 is 4.79. The van der Waals surface area contributed by atoms with Crippen molar-refractivity contribution in [2.45, 2.75) is 90.0 Å². The van der Waals surface area contributed by atoms with Crippen molar-refractivity contribution in [1.29, 1.82) is 0 Å². The molecule has 7 rings (SSSR count). The van der Waals surface area contributed by atoms with Crippen molar-refractivity contribution in [3.8, 4) is 33.6 Å². The molecule has 0 saturated carbocycles. The summed E-state index contributed by atoms with van der Waals surface area (Å²) in [6.45, 7) is 10.9. The minimum Gasteiger partial charge on any atom is -0.465 e. The Labute approximate surface area is 345 Å². The van der Waals surface area contributed by atoms with E-state index in [0.717, 1.165) is 75.4 Å². The van der Waals surface area contributed by atoms with E-state index < -0.39 is 29.8 Å². The zero-order valence-corrected chi connectivity index (χ0v) is 35.5. The normalized spacial score (nSPS) is 20.9. The van der Waals surface area contributed by atoms with Gasteiger partial charge < -0.3 is 34.9 Å². The number of carbonyl (C=O) groups is 4. The Morgan fingerprint density at radius 3 is 1.73 bits per heavy atom. The number of nitrogens with one attached hydrogen (secondary N) is 3. The molecule has 0 spiro atoms. The molecule has 2 aliphatic heterocycles. The van der Waals surface area contributed by atoms with Crippen molar-refractivity contribution >= 4 is 24.0 Å². The van der Waals surface area contributed by atoms with Crippen LogP contribution in [-0.4, -0.2) is 122 Å². The third kappa shape index (κ3) is 7.34. The zero-order valence-electron chi connectivity index (χ0n) is 35.5. The predicted octanol–water partition coefficient (Wildman–Crippen LogP) is 6.61. The van der Waals surface area contributed by atoms with E-state index in [-0.39, 0.29) is 35.7 Å². The van der Waals surface area contributed by atoms with Crippen LogP contribution in [0.4, 0.5) is 9.59 Å². The Balaban J connectivity index is 1.14. The molecule has 2 fully saturated rings. The number of fused-ring (bicyclic) bond motifs is 3. The van der Waals surface area contributed by atoms with Gasteiger partial charge in [-0.3, -0.25) is 19.4 Å². The molecule has 4 amide bonds. The summed E-state index contributed by atoms with van der Waals surface area (Å²) in [5, 5.41) is 12.4. The summed E-state index contributed by atoms with van der Waals surface area (Å²) in [6.07, 6.45) is 5.04. The zero-order chi connectivity index (χ0) is 42.5. The standard InChI is InChI=1S/C44H57N9O6/c1-24(2)36(49-42(56)59-9)40(54)52-18-10-12-34(52)38-45-22-32(47-38)26-14-16-28-29-17-15-27(21-31(29)44(5,50(6)7)30(28)20-26)33-23-46-39(48-33)35-13-11-19-53(35)41(55)37(25(3)4)51(8)43(57)58/h14-17,20-25,34-37H,10-13,18-19H2,1-9H3,(H,45,47)(H,46,48)(H,49,56)(H,57,58)/t34-,35-,36-,37-,44?/m0/s1. The average Bonchev–Trinajstić information content (AvgIpc) is 4.06. The highest BCUT2D eigenvalue weighted by molar-refractivity contribution is 5.88. The van der Waals surface area contributed by atoms with Gasteiger partial charge in [-0.1, -0.05) is 52.0 Å². The van der Waals surface area contributed by atoms with Crippen LogP contribution in [-0.2, 0) is 19.9 Å². The molecular formula is C44H57N9O6. The molecule has 1 aliphatic carbocycles. The Hall–Kier alpha value is -5.70. The second-order valence-corrected chi connectivity index (χ2v) is 17.2. The number of hydrogen-bond acceptors (Lipinski definition) is 8. The number of imidazole rings is 2. The van der Waals surface area contributed by atoms with Gasteiger partial charge in [0.1, 0.15) is 23.7 Å². The number of carboxylic acid groups (broad SMARTS) is 1. The minimum absolute atomic E-state index is 0.122. The molecule has 4 aromatic rings. The van der Waals surface area contributed by atoms with Crippen LogP contribution in [0.2, 0.25) is 0 Å². The number of carbonyl (C=O) groups excluding carboxylic acids is 3. The van der Waals surface area contributed by atoms with E-state index >= 15 is 0 Å². The van der Waals surface area contributed by atoms with Gasteiger partial charge in [-0.2, -0.15) is 0 Å². The quantitative estimate of drug-likeness (QED) is 0.130. The maximum atomic E-state index is 13.8. The van der Waals surface area contributed by atoms with E-state index in [9.17, 15) is 24.3 Å². The van der Waals surface area contributed by atoms with E-state index in [2.05, 4.69) is 77.6 Å². The summed E-state index contributed by atoms with van der Waals surface area (Å²) >= 11 is 0. The van der Waals surface area contributed by atoms with Gasteiger partial charge in [0, 0.05) is 20.1 Å². The number of likely N-dealkylation sites (N-methyl/N-ethyl adjacent to an activating group) is 1. The van der Waals surface area contributed by atoms with Crippen molar-refractivity contribution in [2.24, 2.45) is 11.8 Å². The number of aromatic nitrogens is 4. The highest BCUT2D eigenvalue weighted by Gasteiger charge is 2.43. The molecule has 3 aliphatic rings. The molecule has 0 bridgehead atoms. The van der Waals surface area contributed by atoms with E-state index in [4.69, 9.17) is 14.7 Å². The van der Waals surface area contributed by atoms with Crippen molar-refractivity contribution < 1.29 is 29.0 Å². The van der Waals surface area contributed by atoms with Gasteiger partial charge in [0.05, 0.1) is 48.5 Å². The van der Waals surface area contributed by atoms with Crippen LogP contribution in [0, 0.1) is 11.8 Å². The molecule has 4 N–H and O–H groups in total. The monoisotopic (exact) mass is 807 g/mol. The third-order valence-corrected chi connectivity index (χ3v) is 12.8. The van der Waals surface area contributed by atoms with Gasteiger partial charge in [-0.15, -0.1) is 0 Å². The molecule has 4 heterocycles. The lowest BCUT2D eigenvalue weighted by molar-refractivity contribution is -0.138. The maximum Gasteiger partial charge on any atom is 0.407 e. The number of amides is 4. The van der Waals surface area contributed by atoms with Gasteiger partial charge in [-0.05, 0) is 104 Å². The highest BCUT2D eigenvalue weighted by atomic mass is 16.5. The van der Waals surface area contributed by atoms with Crippen molar-refractivity contribution in [3.05, 3.63) is 71.6 Å². The fourth-order valence-electron chi connectivity index (χ4n) is 9.33. The lowest BCUT2D eigenvalue weighted by atomic mass is 9.86. The molecule has 5 atom stereocenters. The van der Waals surface area contributed by atoms with Crippen molar-refractivity contribution in [2.75, 3.05) is 41.3 Å². The molecule has 314 valence electrons. The van der Waals surface area contributed by atoms with Crippen LogP contribution in [0.5, 0.6) is 0 Å². The lowest BCUT2D eigenvalue weighted by Crippen LogP contribution is -2.51. The van der Waals surface area contributed by atoms with Crippen LogP contribution in [0.1, 0.15) is 95.2 Å². The largest absolute Gasteiger partial charge is 0.465 e. The summed E-state index contributed by atoms with van der Waals surface area (Å²) in [6, 6.07) is 11.0. The lowest BCUT2D eigenvalue weighted by Gasteiger charge is -2.35. The maximum absolute atomic E-state index is 13.8. The number of hydrogen-bond donors (Lipinski definition) is 4. The highest BCUT2D eigenvalue weighted by Crippen LogP contribution is 2.52. The number of likely N-dealkylation sites (tertiary alicyclic amines) is 2. The molecule has 2 aromatic heterocycles. The molecule has 2 aromatic carbocycles. The molecule has 1 unspecified atom stereocenters. The summed E-state index contributed by atoms with van der Waals surface area (Å²) in [5.74, 6) is 0.749. The molecule has 2 saturated heterocycles. The number of ether oxygens (including phenoxy) is 1. The summed E-state index contributed by atoms with van der Waals surface area (Å²) in [4.78, 5) is 75.0. The van der Waals surface area contributed by atoms with E-state index in [1.165, 1.54) is 14.2 Å². The Morgan fingerprint density at radius 2 is 1.31 bits per heavy atom. The predicted molar refractivity (Wildman–Crippen MR) is 223 cm³/mol. The first-order valence-corrected chi connectivity index (χ1v) is 20.5. The summed E-state index contributed by atoms with van der Waals surface area (Å²) in [5.41, 5.74) is 7.77. The van der Waals surface area contributed by atoms with Crippen LogP contribution >= 0.6 is 0 Å². The molecule has 59 heavy (non-hydrogen) atoms. The number of aromatic amines is 2. The first kappa shape index (κ1) is 41.5. The SMILES string of the molecule is COC(=O)N[C@H](C(=O)N1CCC[C@H]1c1ncc(-c2ccc3c(c2)C(C)(N(C)C)c2cc(-c4cnc([C@@H]5CCCN5C(=O)[C@H](C(C)C)N(C)C(=O)O)[nH]4)ccc2-3)[nH]1)C(C)C. The Kier molecular flexibility index (Phi) is 11.4. The number of methoxy groups -OCH3 is 1. The van der Waals surface area contributed by atoms with Crippen LogP contribution in [0.3, 0.4) is 0 Å². The topological polar surface area (TPSA) is 180 Å². The number of rotatable bonds is 11. The number of benzene rings is 2.